The van der Waals surface area contributed by atoms with Crippen molar-refractivity contribution >= 4 is 24.3 Å². The van der Waals surface area contributed by atoms with Gasteiger partial charge < -0.3 is 15.8 Å². The molecule has 102 valence electrons. The van der Waals surface area contributed by atoms with Crippen molar-refractivity contribution in [1.82, 2.24) is 5.32 Å². The molecule has 6 heteroatoms. The van der Waals surface area contributed by atoms with Gasteiger partial charge in [-0.15, -0.1) is 12.4 Å². The Bertz CT molecular complexity index is 247. The van der Waals surface area contributed by atoms with Gasteiger partial charge in [0.05, 0.1) is 7.11 Å². The van der Waals surface area contributed by atoms with Crippen molar-refractivity contribution in [3.8, 4) is 0 Å². The van der Waals surface area contributed by atoms with E-state index in [1.165, 1.54) is 7.11 Å². The first-order chi connectivity index (χ1) is 7.42. The lowest BCUT2D eigenvalue weighted by atomic mass is 10.0. The predicted molar refractivity (Wildman–Crippen MR) is 68.9 cm³/mol. The lowest BCUT2D eigenvalue weighted by Crippen LogP contribution is -2.45. The van der Waals surface area contributed by atoms with Gasteiger partial charge in [0.1, 0.15) is 6.04 Å². The zero-order valence-corrected chi connectivity index (χ0v) is 11.7. The molecule has 0 aliphatic heterocycles. The second kappa shape index (κ2) is 9.24. The Morgan fingerprint density at radius 2 is 1.82 bits per heavy atom. The molecule has 2 unspecified atom stereocenters. The minimum Gasteiger partial charge on any atom is -0.467 e. The van der Waals surface area contributed by atoms with Crippen molar-refractivity contribution in [1.29, 1.82) is 0 Å². The Kier molecular flexibility index (Phi) is 10.1. The van der Waals surface area contributed by atoms with E-state index in [9.17, 15) is 9.59 Å². The van der Waals surface area contributed by atoms with Crippen molar-refractivity contribution in [2.75, 3.05) is 13.7 Å². The summed E-state index contributed by atoms with van der Waals surface area (Å²) < 4.78 is 4.64. The highest BCUT2D eigenvalue weighted by atomic mass is 35.5. The number of nitrogens with one attached hydrogen (secondary N) is 1. The standard InChI is InChI=1S/C11H22N2O3.ClH/c1-7(2)5-9(11(15)16-4)13-10(14)8(3)6-12;/h7-9H,5-6,12H2,1-4H3,(H,13,14);1H. The molecule has 5 nitrogen and oxygen atoms in total. The van der Waals surface area contributed by atoms with E-state index in [1.807, 2.05) is 13.8 Å². The molecule has 3 N–H and O–H groups in total. The number of halogens is 1. The summed E-state index contributed by atoms with van der Waals surface area (Å²) in [4.78, 5) is 23.0. The third kappa shape index (κ3) is 7.18. The van der Waals surface area contributed by atoms with E-state index in [0.29, 0.717) is 12.3 Å². The molecule has 0 aromatic heterocycles. The van der Waals surface area contributed by atoms with Gasteiger partial charge in [0, 0.05) is 12.5 Å². The molecule has 1 amide bonds. The minimum atomic E-state index is -0.577. The monoisotopic (exact) mass is 266 g/mol. The van der Waals surface area contributed by atoms with Gasteiger partial charge in [-0.05, 0) is 12.3 Å². The van der Waals surface area contributed by atoms with Crippen LogP contribution in [0.2, 0.25) is 0 Å². The topological polar surface area (TPSA) is 81.4 Å². The summed E-state index contributed by atoms with van der Waals surface area (Å²) in [7, 11) is 1.31. The Hall–Kier alpha value is -0.810. The number of ether oxygens (including phenoxy) is 1. The van der Waals surface area contributed by atoms with E-state index in [2.05, 4.69) is 10.1 Å². The zero-order chi connectivity index (χ0) is 12.7. The molecular weight excluding hydrogens is 244 g/mol. The van der Waals surface area contributed by atoms with Crippen molar-refractivity contribution in [3.63, 3.8) is 0 Å². The largest absolute Gasteiger partial charge is 0.467 e. The van der Waals surface area contributed by atoms with E-state index in [-0.39, 0.29) is 30.8 Å². The van der Waals surface area contributed by atoms with Crippen LogP contribution in [0.3, 0.4) is 0 Å². The quantitative estimate of drug-likeness (QED) is 0.694. The Morgan fingerprint density at radius 3 is 2.18 bits per heavy atom. The maximum Gasteiger partial charge on any atom is 0.328 e. The van der Waals surface area contributed by atoms with Gasteiger partial charge in [0.25, 0.3) is 0 Å². The SMILES string of the molecule is COC(=O)C(CC(C)C)NC(=O)C(C)CN.Cl. The highest BCUT2D eigenvalue weighted by Gasteiger charge is 2.24. The summed E-state index contributed by atoms with van der Waals surface area (Å²) in [6, 6.07) is -0.577. The first-order valence-corrected chi connectivity index (χ1v) is 5.50. The molecule has 0 aliphatic rings. The average molecular weight is 267 g/mol. The molecule has 0 heterocycles. The van der Waals surface area contributed by atoms with Gasteiger partial charge in [-0.2, -0.15) is 0 Å². The molecule has 0 saturated carbocycles. The fourth-order valence-electron chi connectivity index (χ4n) is 1.25. The number of methoxy groups -OCH3 is 1. The fourth-order valence-corrected chi connectivity index (χ4v) is 1.25. The lowest BCUT2D eigenvalue weighted by Gasteiger charge is -2.20. The van der Waals surface area contributed by atoms with Gasteiger partial charge >= 0.3 is 5.97 Å². The van der Waals surface area contributed by atoms with E-state index in [0.717, 1.165) is 0 Å². The van der Waals surface area contributed by atoms with Gasteiger partial charge in [-0.3, -0.25) is 4.79 Å². The maximum absolute atomic E-state index is 11.6. The molecule has 0 radical (unpaired) electrons. The molecule has 2 atom stereocenters. The molecule has 17 heavy (non-hydrogen) atoms. The summed E-state index contributed by atoms with van der Waals surface area (Å²) in [6.07, 6.45) is 0.565. The summed E-state index contributed by atoms with van der Waals surface area (Å²) in [5, 5.41) is 2.66. The summed E-state index contributed by atoms with van der Waals surface area (Å²) in [6.45, 7) is 5.95. The van der Waals surface area contributed by atoms with Gasteiger partial charge in [-0.1, -0.05) is 20.8 Å². The van der Waals surface area contributed by atoms with Crippen LogP contribution in [0.5, 0.6) is 0 Å². The van der Waals surface area contributed by atoms with Gasteiger partial charge in [-0.25, -0.2) is 4.79 Å². The molecule has 0 rings (SSSR count). The fraction of sp³-hybridized carbons (Fsp3) is 0.818. The smallest absolute Gasteiger partial charge is 0.328 e. The Morgan fingerprint density at radius 1 is 1.29 bits per heavy atom. The van der Waals surface area contributed by atoms with Crippen molar-refractivity contribution in [2.24, 2.45) is 17.6 Å². The van der Waals surface area contributed by atoms with Crippen molar-refractivity contribution in [3.05, 3.63) is 0 Å². The predicted octanol–water partition coefficient (Wildman–Crippen LogP) is 0.707. The van der Waals surface area contributed by atoms with Gasteiger partial charge in [0.2, 0.25) is 5.91 Å². The molecule has 0 aliphatic carbocycles. The minimum absolute atomic E-state index is 0. The van der Waals surface area contributed by atoms with Crippen LogP contribution in [0.1, 0.15) is 27.2 Å². The first-order valence-electron chi connectivity index (χ1n) is 5.50. The van der Waals surface area contributed by atoms with E-state index >= 15 is 0 Å². The number of hydrogen-bond acceptors (Lipinski definition) is 4. The van der Waals surface area contributed by atoms with Crippen LogP contribution < -0.4 is 11.1 Å². The number of rotatable bonds is 6. The maximum atomic E-state index is 11.6. The number of carbonyl (C=O) groups excluding carboxylic acids is 2. The van der Waals surface area contributed by atoms with Crippen LogP contribution in [0, 0.1) is 11.8 Å². The van der Waals surface area contributed by atoms with Crippen LogP contribution in [0.15, 0.2) is 0 Å². The molecule has 0 aromatic carbocycles. The average Bonchev–Trinajstić information content (AvgIpc) is 2.25. The third-order valence-corrected chi connectivity index (χ3v) is 2.31. The normalized spacial score (nSPS) is 13.5. The number of nitrogens with two attached hydrogens (primary N) is 1. The van der Waals surface area contributed by atoms with E-state index in [4.69, 9.17) is 5.73 Å². The van der Waals surface area contributed by atoms with Crippen LogP contribution >= 0.6 is 12.4 Å². The van der Waals surface area contributed by atoms with Crippen LogP contribution in [0.4, 0.5) is 0 Å². The second-order valence-corrected chi connectivity index (χ2v) is 4.35. The second-order valence-electron chi connectivity index (χ2n) is 4.35. The number of esters is 1. The molecule has 0 aromatic rings. The lowest BCUT2D eigenvalue weighted by molar-refractivity contribution is -0.146. The Balaban J connectivity index is 0. The number of amides is 1. The zero-order valence-electron chi connectivity index (χ0n) is 10.9. The van der Waals surface area contributed by atoms with Crippen LogP contribution in [-0.4, -0.2) is 31.6 Å². The third-order valence-electron chi connectivity index (χ3n) is 2.31. The summed E-state index contributed by atoms with van der Waals surface area (Å²) in [5.41, 5.74) is 5.38. The van der Waals surface area contributed by atoms with Gasteiger partial charge in [0.15, 0.2) is 0 Å². The summed E-state index contributed by atoms with van der Waals surface area (Å²) >= 11 is 0. The van der Waals surface area contributed by atoms with Crippen molar-refractivity contribution in [2.45, 2.75) is 33.2 Å². The molecule has 0 bridgehead atoms. The molecule has 0 saturated heterocycles. The highest BCUT2D eigenvalue weighted by molar-refractivity contribution is 5.85. The Labute approximate surface area is 109 Å². The molecule has 0 fully saturated rings. The first kappa shape index (κ1) is 18.6. The molecule has 0 spiro atoms. The number of hydrogen-bond donors (Lipinski definition) is 2. The summed E-state index contributed by atoms with van der Waals surface area (Å²) in [5.74, 6) is -0.610. The van der Waals surface area contributed by atoms with Crippen molar-refractivity contribution < 1.29 is 14.3 Å². The molecular formula is C11H23ClN2O3. The highest BCUT2D eigenvalue weighted by Crippen LogP contribution is 2.07. The van der Waals surface area contributed by atoms with Crippen LogP contribution in [0.25, 0.3) is 0 Å². The van der Waals surface area contributed by atoms with E-state index < -0.39 is 12.0 Å². The number of carbonyl (C=O) groups is 2. The van der Waals surface area contributed by atoms with Crippen LogP contribution in [-0.2, 0) is 14.3 Å². The van der Waals surface area contributed by atoms with E-state index in [1.54, 1.807) is 6.92 Å².